The summed E-state index contributed by atoms with van der Waals surface area (Å²) in [6, 6.07) is 10.2. The number of unbranched alkanes of at least 4 members (excludes halogenated alkanes) is 3. The van der Waals surface area contributed by atoms with E-state index in [9.17, 15) is 40.2 Å². The van der Waals surface area contributed by atoms with Crippen LogP contribution in [0.3, 0.4) is 0 Å². The highest BCUT2D eigenvalue weighted by Crippen LogP contribution is 2.40. The van der Waals surface area contributed by atoms with Crippen LogP contribution in [-0.4, -0.2) is 187 Å². The molecule has 0 bridgehead atoms. The number of aliphatic hydroxyl groups is 5. The number of aryl methyl sites for hydroxylation is 1. The molecule has 0 spiro atoms. The van der Waals surface area contributed by atoms with Gasteiger partial charge in [0.1, 0.15) is 36.1 Å². The number of esters is 1. The molecule has 0 aliphatic carbocycles. The number of aromatic hydroxyl groups is 1. The molecular weight excluding hydrogens is 969 g/mol. The molecule has 1 aromatic heterocycles. The number of nitrogens with zero attached hydrogens (tertiary/aromatic N) is 6. The fraction of sp³-hybridized carbons (Fsp3) is 0.782. The molecule has 4 aliphatic heterocycles. The lowest BCUT2D eigenvalue weighted by Crippen LogP contribution is -2.62. The quantitative estimate of drug-likeness (QED) is 0.0929. The number of methoxy groups -OCH3 is 1. The predicted octanol–water partition coefficient (Wildman–Crippen LogP) is 4.69. The molecule has 4 aliphatic rings. The Hall–Kier alpha value is -3.64. The lowest BCUT2D eigenvalue weighted by molar-refractivity contribution is -0.318. The minimum atomic E-state index is -1.84. The monoisotopic (exact) mass is 1060 g/mol. The Balaban J connectivity index is 1.15. The van der Waals surface area contributed by atoms with E-state index in [1.807, 2.05) is 30.8 Å². The molecule has 6 rings (SSSR count). The summed E-state index contributed by atoms with van der Waals surface area (Å²) in [5.41, 5.74) is -2.85. The molecule has 0 radical (unpaired) electrons. The van der Waals surface area contributed by atoms with E-state index in [1.165, 1.54) is 24.7 Å². The van der Waals surface area contributed by atoms with Crippen molar-refractivity contribution >= 4 is 5.97 Å². The van der Waals surface area contributed by atoms with Crippen molar-refractivity contribution in [2.75, 3.05) is 40.8 Å². The van der Waals surface area contributed by atoms with Crippen molar-refractivity contribution in [3.8, 4) is 5.75 Å². The molecule has 18 atom stereocenters. The van der Waals surface area contributed by atoms with Crippen LogP contribution in [0.15, 0.2) is 57.7 Å². The number of benzene rings is 1. The van der Waals surface area contributed by atoms with E-state index in [1.54, 1.807) is 60.9 Å². The number of hydrogen-bond donors (Lipinski definition) is 6. The zero-order valence-corrected chi connectivity index (χ0v) is 46.5. The number of ether oxygens (including phenoxy) is 6. The van der Waals surface area contributed by atoms with E-state index in [0.29, 0.717) is 26.1 Å². The first kappa shape index (κ1) is 60.6. The molecule has 0 amide bonds. The molecule has 5 heterocycles. The van der Waals surface area contributed by atoms with Gasteiger partial charge in [-0.25, -0.2) is 0 Å². The molecule has 3 fully saturated rings. The van der Waals surface area contributed by atoms with Crippen molar-refractivity contribution in [2.24, 2.45) is 22.2 Å². The standard InChI is InChI=1S/C55H90N6O14/c1-13-43-55(9,69)47(64)36(5)58(10)28-24-53(7,68)49(34(3)46(35(4)51(67)73-43)74-44-30-54(8,70-12)48(65)37(6)72-44)75-52-45(63)41(29-33(2)71-52)59(11)31-38-20-22-39(23-21-38)40-32-61(57-56-40)27-17-15-14-16-25-60-26-18-19-42(62)50(60)66/h18-23,26,33-37,40-41,43-49,52,62-65,68-69H,13-17,24-25,27-32H2,1-12H3/t33-,34+,35-,36-,37+,40?,41+,43-,44+,45+,46+,47-,48+,49-,52+,53-,54-,55-/m1/s1. The largest absolute Gasteiger partial charge is 0.503 e. The first-order chi connectivity index (χ1) is 35.3. The summed E-state index contributed by atoms with van der Waals surface area (Å²) in [6.45, 7) is 18.3. The van der Waals surface area contributed by atoms with Crippen LogP contribution in [0, 0.1) is 11.8 Å². The van der Waals surface area contributed by atoms with Crippen LogP contribution in [0.1, 0.15) is 131 Å². The summed E-state index contributed by atoms with van der Waals surface area (Å²) in [6.07, 6.45) is -3.73. The maximum Gasteiger partial charge on any atom is 0.311 e. The Morgan fingerprint density at radius 1 is 0.907 bits per heavy atom. The summed E-state index contributed by atoms with van der Waals surface area (Å²) in [5.74, 6) is -2.81. The fourth-order valence-corrected chi connectivity index (χ4v) is 11.5. The third-order valence-electron chi connectivity index (χ3n) is 16.8. The van der Waals surface area contributed by atoms with E-state index in [0.717, 1.165) is 43.4 Å². The Kier molecular flexibility index (Phi) is 20.9. The number of pyridine rings is 1. The van der Waals surface area contributed by atoms with Gasteiger partial charge in [0.2, 0.25) is 0 Å². The molecule has 1 aromatic carbocycles. The second-order valence-corrected chi connectivity index (χ2v) is 22.8. The number of carbonyl (C=O) groups excluding carboxylic acids is 1. The lowest BCUT2D eigenvalue weighted by Gasteiger charge is -2.49. The van der Waals surface area contributed by atoms with E-state index >= 15 is 0 Å². The number of aromatic nitrogens is 1. The zero-order chi connectivity index (χ0) is 55.2. The maximum absolute atomic E-state index is 14.4. The molecule has 424 valence electrons. The summed E-state index contributed by atoms with van der Waals surface area (Å²) in [7, 11) is 5.24. The van der Waals surface area contributed by atoms with Crippen LogP contribution in [0.25, 0.3) is 0 Å². The van der Waals surface area contributed by atoms with Gasteiger partial charge in [-0.1, -0.05) is 56.2 Å². The van der Waals surface area contributed by atoms with Crippen LogP contribution in [0.4, 0.5) is 0 Å². The third-order valence-corrected chi connectivity index (χ3v) is 16.8. The predicted molar refractivity (Wildman–Crippen MR) is 279 cm³/mol. The molecule has 1 unspecified atom stereocenters. The SMILES string of the molecule is CC[C@H]1OC(=O)[C@H](C)[C@@H](O[C@H]2C[C@@](C)(OC)[C@@H](O)[C@H](C)O2)[C@H](C)[C@@H](O[C@@H]2O[C@H](C)C[C@H](N(C)Cc3ccc(C4CN(CCCCCCn5cccc(O)c5=O)N=N4)cc3)[C@@H]2O)[C@](C)(O)CCN(C)[C@H](C)[C@@H](O)[C@]1(C)O. The fourth-order valence-electron chi connectivity index (χ4n) is 11.5. The number of carbonyl (C=O) groups is 1. The Morgan fingerprint density at radius 3 is 2.25 bits per heavy atom. The van der Waals surface area contributed by atoms with E-state index in [4.69, 9.17) is 28.4 Å². The van der Waals surface area contributed by atoms with Gasteiger partial charge >= 0.3 is 5.97 Å². The number of cyclic esters (lactones) is 1. The van der Waals surface area contributed by atoms with Crippen LogP contribution in [0.2, 0.25) is 0 Å². The zero-order valence-electron chi connectivity index (χ0n) is 46.5. The smallest absolute Gasteiger partial charge is 0.311 e. The van der Waals surface area contributed by atoms with Gasteiger partial charge in [-0.3, -0.25) is 19.5 Å². The Labute approximate surface area is 443 Å². The van der Waals surface area contributed by atoms with E-state index in [2.05, 4.69) is 39.5 Å². The Bertz CT molecular complexity index is 2220. The highest BCUT2D eigenvalue weighted by molar-refractivity contribution is 5.73. The van der Waals surface area contributed by atoms with Gasteiger partial charge in [0.15, 0.2) is 18.3 Å². The second-order valence-electron chi connectivity index (χ2n) is 22.8. The number of aliphatic hydroxyl groups excluding tert-OH is 3. The van der Waals surface area contributed by atoms with Crippen LogP contribution < -0.4 is 5.56 Å². The minimum absolute atomic E-state index is 0.0920. The molecule has 6 N–H and O–H groups in total. The third kappa shape index (κ3) is 14.5. The summed E-state index contributed by atoms with van der Waals surface area (Å²) in [4.78, 5) is 30.4. The van der Waals surface area contributed by atoms with Gasteiger partial charge < -0.3 is 68.5 Å². The van der Waals surface area contributed by atoms with Crippen molar-refractivity contribution in [1.82, 2.24) is 19.4 Å². The lowest BCUT2D eigenvalue weighted by atomic mass is 9.79. The number of hydrogen-bond acceptors (Lipinski definition) is 19. The summed E-state index contributed by atoms with van der Waals surface area (Å²) < 4.78 is 39.7. The Morgan fingerprint density at radius 2 is 1.59 bits per heavy atom. The first-order valence-corrected chi connectivity index (χ1v) is 27.2. The van der Waals surface area contributed by atoms with Crippen molar-refractivity contribution in [3.05, 3.63) is 64.1 Å². The average Bonchev–Trinajstić information content (AvgIpc) is 3.85. The molecule has 20 heteroatoms. The number of likely N-dealkylation sites (N-methyl/N-ethyl adjacent to an activating group) is 2. The molecule has 3 saturated heterocycles. The van der Waals surface area contributed by atoms with Gasteiger partial charge in [-0.2, -0.15) is 5.11 Å². The first-order valence-electron chi connectivity index (χ1n) is 27.2. The van der Waals surface area contributed by atoms with Gasteiger partial charge in [0, 0.05) is 63.9 Å². The molecule has 2 aromatic rings. The minimum Gasteiger partial charge on any atom is -0.503 e. The molecule has 0 saturated carbocycles. The average molecular weight is 1060 g/mol. The summed E-state index contributed by atoms with van der Waals surface area (Å²) in [5, 5.41) is 80.1. The van der Waals surface area contributed by atoms with E-state index in [-0.39, 0.29) is 49.3 Å². The van der Waals surface area contributed by atoms with Gasteiger partial charge in [-0.05, 0) is 118 Å². The normalized spacial score (nSPS) is 38.7. The van der Waals surface area contributed by atoms with Crippen molar-refractivity contribution < 1.29 is 63.9 Å². The van der Waals surface area contributed by atoms with Crippen LogP contribution >= 0.6 is 0 Å². The highest BCUT2D eigenvalue weighted by atomic mass is 16.7. The van der Waals surface area contributed by atoms with Crippen molar-refractivity contribution in [1.29, 1.82) is 0 Å². The molecular formula is C55H90N6O14. The highest BCUT2D eigenvalue weighted by Gasteiger charge is 2.53. The molecule has 20 nitrogen and oxygen atoms in total. The summed E-state index contributed by atoms with van der Waals surface area (Å²) >= 11 is 0. The maximum atomic E-state index is 14.4. The van der Waals surface area contributed by atoms with Crippen molar-refractivity contribution in [3.63, 3.8) is 0 Å². The van der Waals surface area contributed by atoms with Gasteiger partial charge in [0.25, 0.3) is 5.56 Å². The molecule has 75 heavy (non-hydrogen) atoms. The second kappa shape index (κ2) is 25.9. The van der Waals surface area contributed by atoms with Gasteiger partial charge in [0.05, 0.1) is 48.1 Å². The van der Waals surface area contributed by atoms with E-state index < -0.39 is 102 Å². The van der Waals surface area contributed by atoms with Crippen molar-refractivity contribution in [2.45, 2.75) is 223 Å². The van der Waals surface area contributed by atoms with Crippen LogP contribution in [0.5, 0.6) is 5.75 Å². The van der Waals surface area contributed by atoms with Crippen LogP contribution in [-0.2, 0) is 46.3 Å². The van der Waals surface area contributed by atoms with Gasteiger partial charge in [-0.15, -0.1) is 0 Å². The number of rotatable bonds is 17. The topological polar surface area (TPSA) is 250 Å².